The minimum Gasteiger partial charge on any atom is -0.397 e. The molecule has 0 radical (unpaired) electrons. The molecular weight excluding hydrogens is 156 g/mol. The molecule has 0 aliphatic carbocycles. The number of hydrogen-bond donors (Lipinski definition) is 2. The van der Waals surface area contributed by atoms with E-state index in [1.807, 2.05) is 0 Å². The molecule has 0 amide bonds. The van der Waals surface area contributed by atoms with E-state index in [4.69, 9.17) is 5.73 Å². The molecule has 0 aliphatic rings. The van der Waals surface area contributed by atoms with Crippen LogP contribution in [0.4, 0.5) is 5.69 Å². The normalized spacial score (nSPS) is 9.29. The smallest absolute Gasteiger partial charge is 0.0636 e. The minimum atomic E-state index is 0.750. The third-order valence-corrected chi connectivity index (χ3v) is 1.41. The van der Waals surface area contributed by atoms with E-state index in [1.54, 1.807) is 12.4 Å². The Morgan fingerprint density at radius 2 is 2.29 bits per heavy atom. The number of rotatable bonds is 0. The van der Waals surface area contributed by atoms with Gasteiger partial charge in [0.15, 0.2) is 0 Å². The van der Waals surface area contributed by atoms with E-state index < -0.39 is 0 Å². The summed E-state index contributed by atoms with van der Waals surface area (Å²) in [6.07, 6.45) is 3.51. The fourth-order valence-electron chi connectivity index (χ4n) is 0.357. The zero-order chi connectivity index (χ0) is 5.28. The summed E-state index contributed by atoms with van der Waals surface area (Å²) in [7, 11) is 0. The first-order valence-corrected chi connectivity index (χ1v) is 2.68. The molecule has 0 spiro atoms. The molecule has 0 aliphatic heterocycles. The van der Waals surface area contributed by atoms with Crippen LogP contribution >= 0.6 is 15.9 Å². The summed E-state index contributed by atoms with van der Waals surface area (Å²) in [6.45, 7) is 0. The van der Waals surface area contributed by atoms with E-state index in [0.717, 1.165) is 10.2 Å². The summed E-state index contributed by atoms with van der Waals surface area (Å²) in [4.78, 5) is 2.83. The molecule has 0 saturated carbocycles. The maximum absolute atomic E-state index is 5.36. The van der Waals surface area contributed by atoms with Gasteiger partial charge in [0.1, 0.15) is 0 Å². The molecule has 0 bridgehead atoms. The molecular formula is C4H5BrN2. The predicted octanol–water partition coefficient (Wildman–Crippen LogP) is 1.36. The third-order valence-electron chi connectivity index (χ3n) is 0.725. The van der Waals surface area contributed by atoms with Crippen LogP contribution < -0.4 is 5.73 Å². The molecule has 1 aromatic rings. The highest BCUT2D eigenvalue weighted by molar-refractivity contribution is 9.10. The topological polar surface area (TPSA) is 41.8 Å². The monoisotopic (exact) mass is 160 g/mol. The molecule has 38 valence electrons. The van der Waals surface area contributed by atoms with Gasteiger partial charge in [-0.05, 0) is 15.9 Å². The van der Waals surface area contributed by atoms with E-state index in [-0.39, 0.29) is 0 Å². The van der Waals surface area contributed by atoms with Gasteiger partial charge in [-0.2, -0.15) is 0 Å². The number of nitrogen functional groups attached to an aromatic ring is 1. The highest BCUT2D eigenvalue weighted by atomic mass is 79.9. The summed E-state index contributed by atoms with van der Waals surface area (Å²) in [5.41, 5.74) is 6.11. The van der Waals surface area contributed by atoms with Crippen LogP contribution in [0.25, 0.3) is 0 Å². The molecule has 0 fully saturated rings. The average molecular weight is 161 g/mol. The molecule has 0 atom stereocenters. The Morgan fingerprint density at radius 3 is 2.43 bits per heavy atom. The van der Waals surface area contributed by atoms with Crippen molar-refractivity contribution in [3.05, 3.63) is 16.9 Å². The molecule has 1 heterocycles. The fraction of sp³-hybridized carbons (Fsp3) is 0. The Bertz CT molecular complexity index is 142. The second-order valence-electron chi connectivity index (χ2n) is 1.26. The highest BCUT2D eigenvalue weighted by Crippen LogP contribution is 2.15. The van der Waals surface area contributed by atoms with E-state index >= 15 is 0 Å². The van der Waals surface area contributed by atoms with Gasteiger partial charge in [0, 0.05) is 12.4 Å². The van der Waals surface area contributed by atoms with Gasteiger partial charge in [-0.25, -0.2) is 0 Å². The van der Waals surface area contributed by atoms with Crippen molar-refractivity contribution in [3.8, 4) is 0 Å². The van der Waals surface area contributed by atoms with Gasteiger partial charge in [-0.1, -0.05) is 0 Å². The summed E-state index contributed by atoms with van der Waals surface area (Å²) >= 11 is 3.21. The number of nitrogens with two attached hydrogens (primary N) is 1. The van der Waals surface area contributed by atoms with Gasteiger partial charge >= 0.3 is 0 Å². The Labute approximate surface area is 49.8 Å². The number of hydrogen-bond acceptors (Lipinski definition) is 1. The molecule has 3 heteroatoms. The van der Waals surface area contributed by atoms with Gasteiger partial charge in [0.2, 0.25) is 0 Å². The lowest BCUT2D eigenvalue weighted by Gasteiger charge is -1.78. The van der Waals surface area contributed by atoms with Gasteiger partial charge in [-0.3, -0.25) is 0 Å². The van der Waals surface area contributed by atoms with Crippen molar-refractivity contribution in [2.24, 2.45) is 0 Å². The van der Waals surface area contributed by atoms with E-state index in [0.29, 0.717) is 0 Å². The van der Waals surface area contributed by atoms with Crippen LogP contribution in [-0.2, 0) is 0 Å². The van der Waals surface area contributed by atoms with Gasteiger partial charge in [0.05, 0.1) is 10.2 Å². The number of nitrogens with one attached hydrogen (secondary N) is 1. The first-order valence-electron chi connectivity index (χ1n) is 1.88. The minimum absolute atomic E-state index is 0.750. The van der Waals surface area contributed by atoms with Crippen molar-refractivity contribution < 1.29 is 0 Å². The standard InChI is InChI=1S/C4H5BrN2/c5-3-1-7-2-4(3)6/h1-2,7H,6H2. The van der Waals surface area contributed by atoms with Crippen molar-refractivity contribution in [3.63, 3.8) is 0 Å². The van der Waals surface area contributed by atoms with Gasteiger partial charge in [-0.15, -0.1) is 0 Å². The molecule has 3 N–H and O–H groups in total. The summed E-state index contributed by atoms with van der Waals surface area (Å²) in [5.74, 6) is 0. The number of anilines is 1. The first-order chi connectivity index (χ1) is 3.30. The van der Waals surface area contributed by atoms with Crippen LogP contribution in [0.5, 0.6) is 0 Å². The van der Waals surface area contributed by atoms with E-state index in [2.05, 4.69) is 20.9 Å². The van der Waals surface area contributed by atoms with Crippen molar-refractivity contribution in [1.82, 2.24) is 4.98 Å². The molecule has 0 unspecified atom stereocenters. The van der Waals surface area contributed by atoms with Crippen LogP contribution in [0.15, 0.2) is 16.9 Å². The second kappa shape index (κ2) is 1.58. The Kier molecular flexibility index (Phi) is 1.06. The predicted molar refractivity (Wildman–Crippen MR) is 32.9 cm³/mol. The van der Waals surface area contributed by atoms with Crippen molar-refractivity contribution >= 4 is 21.6 Å². The van der Waals surface area contributed by atoms with E-state index in [1.165, 1.54) is 0 Å². The maximum atomic E-state index is 5.36. The van der Waals surface area contributed by atoms with Crippen molar-refractivity contribution in [2.45, 2.75) is 0 Å². The van der Waals surface area contributed by atoms with E-state index in [9.17, 15) is 0 Å². The summed E-state index contributed by atoms with van der Waals surface area (Å²) < 4.78 is 0.924. The van der Waals surface area contributed by atoms with Crippen LogP contribution in [0, 0.1) is 0 Å². The van der Waals surface area contributed by atoms with Crippen LogP contribution in [-0.4, -0.2) is 4.98 Å². The van der Waals surface area contributed by atoms with Crippen LogP contribution in [0.2, 0.25) is 0 Å². The van der Waals surface area contributed by atoms with Crippen molar-refractivity contribution in [1.29, 1.82) is 0 Å². The molecule has 7 heavy (non-hydrogen) atoms. The number of halogens is 1. The largest absolute Gasteiger partial charge is 0.397 e. The lowest BCUT2D eigenvalue weighted by atomic mass is 10.6. The zero-order valence-electron chi connectivity index (χ0n) is 3.61. The molecule has 1 rings (SSSR count). The Balaban J connectivity index is 3.12. The third kappa shape index (κ3) is 0.771. The van der Waals surface area contributed by atoms with Crippen LogP contribution in [0.1, 0.15) is 0 Å². The zero-order valence-corrected chi connectivity index (χ0v) is 5.20. The molecule has 1 aromatic heterocycles. The maximum Gasteiger partial charge on any atom is 0.0636 e. The number of aromatic amines is 1. The number of H-pyrrole nitrogens is 1. The summed E-state index contributed by atoms with van der Waals surface area (Å²) in [6, 6.07) is 0. The lowest BCUT2D eigenvalue weighted by molar-refractivity contribution is 1.41. The highest BCUT2D eigenvalue weighted by Gasteiger charge is 1.89. The molecule has 0 saturated heterocycles. The lowest BCUT2D eigenvalue weighted by Crippen LogP contribution is -1.77. The fourth-order valence-corrected chi connectivity index (χ4v) is 0.604. The quantitative estimate of drug-likeness (QED) is 0.592. The average Bonchev–Trinajstić information content (AvgIpc) is 1.91. The summed E-state index contributed by atoms with van der Waals surface area (Å²) in [5, 5.41) is 0. The number of aromatic nitrogens is 1. The molecule has 0 aromatic carbocycles. The van der Waals surface area contributed by atoms with Gasteiger partial charge < -0.3 is 10.7 Å². The van der Waals surface area contributed by atoms with Crippen LogP contribution in [0.3, 0.4) is 0 Å². The molecule has 2 nitrogen and oxygen atoms in total. The van der Waals surface area contributed by atoms with Gasteiger partial charge in [0.25, 0.3) is 0 Å². The second-order valence-corrected chi connectivity index (χ2v) is 2.11. The first kappa shape index (κ1) is 4.71. The Hall–Kier alpha value is -0.440. The Morgan fingerprint density at radius 1 is 1.57 bits per heavy atom. The SMILES string of the molecule is Nc1c[nH]cc1Br. The van der Waals surface area contributed by atoms with Crippen molar-refractivity contribution in [2.75, 3.05) is 5.73 Å².